The summed E-state index contributed by atoms with van der Waals surface area (Å²) in [4.78, 5) is 0. The third-order valence-electron chi connectivity index (χ3n) is 13.1. The predicted octanol–water partition coefficient (Wildman–Crippen LogP) is 25.7. The highest BCUT2D eigenvalue weighted by Crippen LogP contribution is 2.39. The standard InChI is InChI=1S/C13H24.C8H16.2C7H14.C6H12.C6H14.2C5H12.C4H10O.C4H10.C3H8.C2H6O/c1-11-7-9-13(10-8-11)12-5-3-2-4-6-12;1-2-8-6-4-3-5-7-8;1-7-5-3-2-4-6-7;1-2-7-5-3-4-6-7;1-6-4-2-3-5-6;1-5-6(2,3)4;1-5(2,3)4;1-4-5(2)3;1-4(2)5-3;1-4(2)3;2*1-3-2/h11-13H,2-10H2,1H3;8H,2-7H2,1H3;2*7H,2-6H2,1H3;6H,2-5H2,1H3;5H2,1-4H3;1-4H3;5H,4H2,1-3H3;4H,1-3H3;4H,1-3H3;3H2,1-2H3;1-2H3/i;2D2;7D;2D2;6D;5D2;;4D2;;4D;;. The molecule has 0 aromatic heterocycles. The van der Waals surface area contributed by atoms with Crippen LogP contribution in [-0.2, 0) is 9.47 Å². The van der Waals surface area contributed by atoms with Gasteiger partial charge in [0.2, 0.25) is 0 Å². The van der Waals surface area contributed by atoms with Gasteiger partial charge in [0.15, 0.2) is 0 Å². The minimum Gasteiger partial charge on any atom is -0.388 e. The molecule has 0 heterocycles. The predicted molar refractivity (Wildman–Crippen MR) is 338 cm³/mol. The van der Waals surface area contributed by atoms with Crippen LogP contribution in [0.5, 0.6) is 0 Å². The second-order valence-electron chi connectivity index (χ2n) is 25.8. The molecule has 6 rings (SSSR count). The smallest absolute Gasteiger partial charge is 0.0515 e. The van der Waals surface area contributed by atoms with Crippen LogP contribution in [-0.4, -0.2) is 27.4 Å². The molecule has 0 N–H and O–H groups in total. The Morgan fingerprint density at radius 3 is 0.847 bits per heavy atom. The van der Waals surface area contributed by atoms with Crippen LogP contribution in [0.25, 0.3) is 0 Å². The Hall–Kier alpha value is -0.0800. The van der Waals surface area contributed by atoms with E-state index in [1.807, 2.05) is 83.1 Å². The minimum atomic E-state index is -1.06. The first-order chi connectivity index (χ1) is 37.3. The molecule has 0 radical (unpaired) electrons. The zero-order valence-electron chi connectivity index (χ0n) is 66.2. The van der Waals surface area contributed by atoms with Gasteiger partial charge in [-0.15, -0.1) is 0 Å². The number of methoxy groups -OCH3 is 2. The third-order valence-corrected chi connectivity index (χ3v) is 13.1. The minimum absolute atomic E-state index is 0.0556. The Morgan fingerprint density at radius 1 is 0.458 bits per heavy atom. The molecule has 0 aromatic rings. The second kappa shape index (κ2) is 60.2. The van der Waals surface area contributed by atoms with Gasteiger partial charge in [0.1, 0.15) is 0 Å². The van der Waals surface area contributed by atoms with Crippen LogP contribution in [0, 0.1) is 64.0 Å². The Bertz CT molecular complexity index is 1310. The zero-order valence-corrected chi connectivity index (χ0v) is 55.2. The molecule has 0 unspecified atom stereocenters. The lowest BCUT2D eigenvalue weighted by atomic mass is 9.71. The maximum atomic E-state index is 7.63. The summed E-state index contributed by atoms with van der Waals surface area (Å²) in [7, 11) is 4.95. The third kappa shape index (κ3) is 83.9. The van der Waals surface area contributed by atoms with E-state index in [2.05, 4.69) is 53.2 Å². The van der Waals surface area contributed by atoms with Crippen molar-refractivity contribution in [3.05, 3.63) is 0 Å². The van der Waals surface area contributed by atoms with Crippen LogP contribution in [0.3, 0.4) is 0 Å². The summed E-state index contributed by atoms with van der Waals surface area (Å²) in [5.74, 6) is 3.71. The zero-order chi connectivity index (χ0) is 66.8. The van der Waals surface area contributed by atoms with Crippen molar-refractivity contribution in [2.75, 3.05) is 21.3 Å². The maximum absolute atomic E-state index is 7.63. The van der Waals surface area contributed by atoms with Gasteiger partial charge in [-0.25, -0.2) is 0 Å². The molecule has 0 amide bonds. The van der Waals surface area contributed by atoms with E-state index in [-0.39, 0.29) is 29.0 Å². The van der Waals surface area contributed by atoms with Gasteiger partial charge >= 0.3 is 0 Å². The molecule has 0 aromatic carbocycles. The molecule has 6 fully saturated rings. The van der Waals surface area contributed by atoms with E-state index in [4.69, 9.17) is 19.8 Å². The largest absolute Gasteiger partial charge is 0.388 e. The van der Waals surface area contributed by atoms with E-state index in [0.29, 0.717) is 23.4 Å². The summed E-state index contributed by atoms with van der Waals surface area (Å²) < 4.78 is 89.4. The monoisotopic (exact) mass is 1040 g/mol. The van der Waals surface area contributed by atoms with Crippen LogP contribution >= 0.6 is 0 Å². The van der Waals surface area contributed by atoms with Crippen molar-refractivity contribution in [2.24, 2.45) is 64.0 Å². The summed E-state index contributed by atoms with van der Waals surface area (Å²) in [5.41, 5.74) is 0.271. The first-order valence-corrected chi connectivity index (χ1v) is 30.7. The molecule has 6 aliphatic carbocycles. The topological polar surface area (TPSA) is 18.5 Å². The molecule has 2 nitrogen and oxygen atoms in total. The molecule has 444 valence electrons. The van der Waals surface area contributed by atoms with Crippen LogP contribution < -0.4 is 0 Å². The molecular weight excluding hydrogens is 873 g/mol. The fraction of sp³-hybridized carbons (Fsp3) is 1.00. The van der Waals surface area contributed by atoms with E-state index in [1.54, 1.807) is 74.7 Å². The Morgan fingerprint density at radius 2 is 0.667 bits per heavy atom. The van der Waals surface area contributed by atoms with Crippen molar-refractivity contribution in [2.45, 2.75) is 371 Å². The molecule has 0 spiro atoms. The van der Waals surface area contributed by atoms with Crippen molar-refractivity contribution in [3.63, 3.8) is 0 Å². The van der Waals surface area contributed by atoms with Crippen molar-refractivity contribution >= 4 is 0 Å². The van der Waals surface area contributed by atoms with Crippen molar-refractivity contribution in [3.8, 4) is 0 Å². The summed E-state index contributed by atoms with van der Waals surface area (Å²) in [6, 6.07) is 0. The lowest BCUT2D eigenvalue weighted by molar-refractivity contribution is 0.134. The van der Waals surface area contributed by atoms with E-state index in [1.165, 1.54) is 103 Å². The van der Waals surface area contributed by atoms with Crippen LogP contribution in [0.15, 0.2) is 0 Å². The highest BCUT2D eigenvalue weighted by atomic mass is 16.5. The average molecular weight is 1040 g/mol. The van der Waals surface area contributed by atoms with Gasteiger partial charge in [0, 0.05) is 36.4 Å². The highest BCUT2D eigenvalue weighted by Gasteiger charge is 2.27. The van der Waals surface area contributed by atoms with Gasteiger partial charge in [0.05, 0.1) is 6.10 Å². The fourth-order valence-electron chi connectivity index (χ4n) is 8.10. The Balaban J connectivity index is -0.000000199. The van der Waals surface area contributed by atoms with E-state index < -0.39 is 25.5 Å². The van der Waals surface area contributed by atoms with Gasteiger partial charge in [0.25, 0.3) is 0 Å². The van der Waals surface area contributed by atoms with Crippen LogP contribution in [0.2, 0.25) is 0 Å². The Kier molecular flexibility index (Phi) is 51.1. The molecule has 0 bridgehead atoms. The Labute approximate surface area is 479 Å². The maximum Gasteiger partial charge on any atom is 0.0515 e. The number of ether oxygens (including phenoxy) is 2. The summed E-state index contributed by atoms with van der Waals surface area (Å²) in [6.07, 6.45) is 33.1. The van der Waals surface area contributed by atoms with E-state index >= 15 is 0 Å². The van der Waals surface area contributed by atoms with Crippen LogP contribution in [0.4, 0.5) is 0 Å². The lowest BCUT2D eigenvalue weighted by Crippen LogP contribution is -2.22. The van der Waals surface area contributed by atoms with Gasteiger partial charge in [-0.05, 0) is 90.7 Å². The average Bonchev–Trinajstić information content (AvgIpc) is 4.02. The second-order valence-corrected chi connectivity index (χ2v) is 25.8. The first-order valence-electron chi connectivity index (χ1n) is 36.2. The van der Waals surface area contributed by atoms with Gasteiger partial charge in [-0.1, -0.05) is 338 Å². The number of rotatable bonds is 5. The molecule has 6 aliphatic rings. The molecular formula is C70H152O2. The van der Waals surface area contributed by atoms with Crippen LogP contribution in [0.1, 0.15) is 380 Å². The fourth-order valence-corrected chi connectivity index (χ4v) is 8.10. The van der Waals surface area contributed by atoms with Crippen molar-refractivity contribution in [1.82, 2.24) is 0 Å². The molecule has 0 saturated heterocycles. The van der Waals surface area contributed by atoms with E-state index in [9.17, 15) is 0 Å². The number of hydrogen-bond acceptors (Lipinski definition) is 2. The van der Waals surface area contributed by atoms with Gasteiger partial charge in [-0.3, -0.25) is 0 Å². The van der Waals surface area contributed by atoms with E-state index in [0.717, 1.165) is 69.1 Å². The summed E-state index contributed by atoms with van der Waals surface area (Å²) in [5, 5.41) is 0. The lowest BCUT2D eigenvalue weighted by Gasteiger charge is -2.34. The van der Waals surface area contributed by atoms with Gasteiger partial charge < -0.3 is 9.47 Å². The number of hydrogen-bond donors (Lipinski definition) is 0. The molecule has 2 heteroatoms. The highest BCUT2D eigenvalue weighted by molar-refractivity contribution is 4.78. The molecule has 0 aliphatic heterocycles. The first kappa shape index (κ1) is 61.1. The quantitative estimate of drug-likeness (QED) is 0.273. The SMILES string of the molecule is CC(C)(C)C.CC1CCC(C2CCCCC2)CC1.CCC.COC.COC(C)C.[2H]C(C)(C)C.[2H]C([2H])(C)C(C)(C)C.[2H]C([2H])(C)C(C)C.[2H]C([2H])(C)C1CCCC1.[2H]C([2H])(C)C1CCCCC1.[2H]C1(C)CCCC1.[2H]C1(C)CCCCC1. The molecule has 0 atom stereocenters. The summed E-state index contributed by atoms with van der Waals surface area (Å²) in [6.45, 7) is 45.1. The molecule has 6 saturated carbocycles. The van der Waals surface area contributed by atoms with Gasteiger partial charge in [-0.2, -0.15) is 0 Å². The molecule has 72 heavy (non-hydrogen) atoms. The van der Waals surface area contributed by atoms with Crippen molar-refractivity contribution < 1.29 is 24.6 Å². The van der Waals surface area contributed by atoms with Crippen molar-refractivity contribution in [1.29, 1.82) is 0 Å². The normalized spacial score (nSPS) is 24.5. The summed E-state index contributed by atoms with van der Waals surface area (Å²) >= 11 is 0.